The summed E-state index contributed by atoms with van der Waals surface area (Å²) in [4.78, 5) is 4.63. The molecule has 0 saturated heterocycles. The first-order valence-electron chi connectivity index (χ1n) is 13.7. The van der Waals surface area contributed by atoms with Crippen molar-refractivity contribution in [1.29, 1.82) is 5.26 Å². The Balaban J connectivity index is 1.45. The topological polar surface area (TPSA) is 49.8 Å². The molecule has 0 fully saturated rings. The molecule has 1 aliphatic carbocycles. The van der Waals surface area contributed by atoms with Gasteiger partial charge in [-0.25, -0.2) is 4.39 Å². The van der Waals surface area contributed by atoms with E-state index in [0.717, 1.165) is 27.5 Å². The largest absolute Gasteiger partial charge is 0.455 e. The van der Waals surface area contributed by atoms with E-state index in [1.165, 1.54) is 22.8 Å². The molecule has 6 aromatic rings. The summed E-state index contributed by atoms with van der Waals surface area (Å²) < 4.78 is 21.8. The van der Waals surface area contributed by atoms with Gasteiger partial charge in [-0.05, 0) is 64.1 Å². The number of para-hydroxylation sites is 1. The SMILES string of the molecule is CC(C)(C)c1cnc(-c2cccc3c2oc2c(-c4ccc5c(c4)C(C)(C)c4c#cccc4-5)cc(C#N)cc23)cc1F. The van der Waals surface area contributed by atoms with Crippen molar-refractivity contribution in [2.24, 2.45) is 0 Å². The molecule has 0 saturated carbocycles. The fourth-order valence-electron chi connectivity index (χ4n) is 6.22. The number of fused-ring (bicyclic) bond motifs is 6. The second-order valence-electron chi connectivity index (χ2n) is 12.4. The van der Waals surface area contributed by atoms with Gasteiger partial charge < -0.3 is 4.42 Å². The molecule has 0 radical (unpaired) electrons. The van der Waals surface area contributed by atoms with Gasteiger partial charge in [0.25, 0.3) is 0 Å². The van der Waals surface area contributed by atoms with Crippen LogP contribution in [0.3, 0.4) is 0 Å². The van der Waals surface area contributed by atoms with Gasteiger partial charge in [0.2, 0.25) is 0 Å². The van der Waals surface area contributed by atoms with Crippen LogP contribution in [0.4, 0.5) is 4.39 Å². The van der Waals surface area contributed by atoms with Gasteiger partial charge >= 0.3 is 0 Å². The summed E-state index contributed by atoms with van der Waals surface area (Å²) in [5, 5.41) is 11.6. The highest BCUT2D eigenvalue weighted by molar-refractivity contribution is 6.13. The van der Waals surface area contributed by atoms with Crippen molar-refractivity contribution in [2.45, 2.75) is 45.4 Å². The number of nitriles is 1. The molecule has 0 amide bonds. The van der Waals surface area contributed by atoms with Crippen LogP contribution in [0, 0.1) is 29.3 Å². The molecule has 0 spiro atoms. The number of nitrogens with zero attached hydrogens (tertiary/aromatic N) is 2. The van der Waals surface area contributed by atoms with Crippen LogP contribution >= 0.6 is 0 Å². The van der Waals surface area contributed by atoms with Crippen molar-refractivity contribution in [3.63, 3.8) is 0 Å². The summed E-state index contributed by atoms with van der Waals surface area (Å²) in [5.41, 5.74) is 9.55. The normalized spacial score (nSPS) is 13.6. The Bertz CT molecular complexity index is 2090. The summed E-state index contributed by atoms with van der Waals surface area (Å²) >= 11 is 0. The number of hydrogen-bond acceptors (Lipinski definition) is 3. The van der Waals surface area contributed by atoms with Crippen LogP contribution in [-0.4, -0.2) is 4.98 Å². The Labute approximate surface area is 238 Å². The third-order valence-electron chi connectivity index (χ3n) is 8.38. The number of benzene rings is 3. The average molecular weight is 535 g/mol. The van der Waals surface area contributed by atoms with Gasteiger partial charge in [-0.2, -0.15) is 5.26 Å². The van der Waals surface area contributed by atoms with E-state index in [0.29, 0.717) is 33.6 Å². The lowest BCUT2D eigenvalue weighted by molar-refractivity contribution is 0.520. The fraction of sp³-hybridized carbons (Fsp3) is 0.189. The van der Waals surface area contributed by atoms with Crippen molar-refractivity contribution in [2.75, 3.05) is 0 Å². The average Bonchev–Trinajstić information content (AvgIpc) is 3.44. The van der Waals surface area contributed by atoms with Crippen LogP contribution in [0.5, 0.6) is 0 Å². The molecule has 0 bridgehead atoms. The highest BCUT2D eigenvalue weighted by atomic mass is 19.1. The maximum atomic E-state index is 15.2. The van der Waals surface area contributed by atoms with Crippen molar-refractivity contribution < 1.29 is 8.81 Å². The van der Waals surface area contributed by atoms with Crippen LogP contribution in [0.1, 0.15) is 56.9 Å². The molecule has 0 aliphatic heterocycles. The van der Waals surface area contributed by atoms with Crippen LogP contribution in [0.25, 0.3) is 55.4 Å². The zero-order valence-corrected chi connectivity index (χ0v) is 23.6. The van der Waals surface area contributed by atoms with Crippen LogP contribution < -0.4 is 0 Å². The van der Waals surface area contributed by atoms with Gasteiger partial charge in [-0.1, -0.05) is 71.0 Å². The van der Waals surface area contributed by atoms with Crippen LogP contribution in [-0.2, 0) is 10.8 Å². The molecule has 4 heteroatoms. The highest BCUT2D eigenvalue weighted by Gasteiger charge is 2.36. The first kappa shape index (κ1) is 25.1. The number of rotatable bonds is 2. The van der Waals surface area contributed by atoms with E-state index in [1.54, 1.807) is 6.20 Å². The zero-order valence-electron chi connectivity index (χ0n) is 23.6. The maximum Gasteiger partial charge on any atom is 0.144 e. The Kier molecular flexibility index (Phi) is 5.22. The van der Waals surface area contributed by atoms with E-state index in [4.69, 9.17) is 4.42 Å². The van der Waals surface area contributed by atoms with E-state index in [-0.39, 0.29) is 16.6 Å². The number of hydrogen-bond donors (Lipinski definition) is 0. The predicted octanol–water partition coefficient (Wildman–Crippen LogP) is 9.53. The molecule has 3 nitrogen and oxygen atoms in total. The summed E-state index contributed by atoms with van der Waals surface area (Å²) in [5.74, 6) is -0.292. The zero-order chi connectivity index (χ0) is 28.7. The van der Waals surface area contributed by atoms with E-state index in [9.17, 15) is 5.26 Å². The van der Waals surface area contributed by atoms with Gasteiger partial charge in [-0.3, -0.25) is 4.98 Å². The molecule has 0 N–H and O–H groups in total. The van der Waals surface area contributed by atoms with Crippen molar-refractivity contribution >= 4 is 21.9 Å². The second-order valence-corrected chi connectivity index (χ2v) is 12.4. The predicted molar refractivity (Wildman–Crippen MR) is 161 cm³/mol. The fourth-order valence-corrected chi connectivity index (χ4v) is 6.22. The standard InChI is InChI=1S/C37H27FN2O/c1-36(2,3)31-20-40-33(18-32(31)38)26-11-8-10-25-28-16-21(19-39)15-27(35(28)41-34(25)26)22-13-14-24-23-9-6-7-12-29(23)37(4,5)30(24)17-22/h6,8-11,13-18,20H,1-5H3. The van der Waals surface area contributed by atoms with E-state index in [1.807, 2.05) is 57.2 Å². The summed E-state index contributed by atoms with van der Waals surface area (Å²) in [6.07, 6.45) is 1.62. The molecule has 2 heterocycles. The van der Waals surface area contributed by atoms with Gasteiger partial charge in [0, 0.05) is 50.7 Å². The smallest absolute Gasteiger partial charge is 0.144 e. The lowest BCUT2D eigenvalue weighted by atomic mass is 9.82. The summed E-state index contributed by atoms with van der Waals surface area (Å²) in [6, 6.07) is 30.2. The van der Waals surface area contributed by atoms with Crippen molar-refractivity contribution in [3.8, 4) is 39.6 Å². The van der Waals surface area contributed by atoms with Crippen molar-refractivity contribution in [1.82, 2.24) is 4.98 Å². The second kappa shape index (κ2) is 8.53. The van der Waals surface area contributed by atoms with Gasteiger partial charge in [0.05, 0.1) is 17.3 Å². The first-order valence-corrected chi connectivity index (χ1v) is 13.7. The number of pyridine rings is 1. The number of aromatic nitrogens is 1. The van der Waals surface area contributed by atoms with E-state index >= 15 is 4.39 Å². The first-order chi connectivity index (χ1) is 19.6. The third-order valence-corrected chi connectivity index (χ3v) is 8.38. The third kappa shape index (κ3) is 3.68. The molecular weight excluding hydrogens is 507 g/mol. The molecule has 198 valence electrons. The van der Waals surface area contributed by atoms with E-state index in [2.05, 4.69) is 61.3 Å². The monoisotopic (exact) mass is 534 g/mol. The molecular formula is C37H27FN2O. The van der Waals surface area contributed by atoms with Gasteiger partial charge in [0.15, 0.2) is 0 Å². The Morgan fingerprint density at radius 2 is 1.71 bits per heavy atom. The maximum absolute atomic E-state index is 15.2. The number of furan rings is 1. The van der Waals surface area contributed by atoms with Crippen molar-refractivity contribution in [3.05, 3.63) is 113 Å². The molecule has 0 unspecified atom stereocenters. The Morgan fingerprint density at radius 3 is 2.46 bits per heavy atom. The Morgan fingerprint density at radius 1 is 0.902 bits per heavy atom. The molecule has 41 heavy (non-hydrogen) atoms. The molecule has 2 aromatic heterocycles. The minimum atomic E-state index is -0.355. The molecule has 0 atom stereocenters. The van der Waals surface area contributed by atoms with Crippen LogP contribution in [0.15, 0.2) is 77.3 Å². The lowest BCUT2D eigenvalue weighted by Gasteiger charge is -2.20. The van der Waals surface area contributed by atoms with E-state index < -0.39 is 0 Å². The summed E-state index contributed by atoms with van der Waals surface area (Å²) in [6.45, 7) is 10.3. The van der Waals surface area contributed by atoms with Gasteiger partial charge in [0.1, 0.15) is 17.0 Å². The molecule has 1 aliphatic rings. The quantitative estimate of drug-likeness (QED) is 0.222. The minimum absolute atomic E-state index is 0.236. The minimum Gasteiger partial charge on any atom is -0.455 e. The van der Waals surface area contributed by atoms with Gasteiger partial charge in [-0.15, -0.1) is 0 Å². The Hall–Kier alpha value is -4.93. The summed E-state index contributed by atoms with van der Waals surface area (Å²) in [7, 11) is 0. The highest BCUT2D eigenvalue weighted by Crippen LogP contribution is 2.49. The molecule has 4 aromatic carbocycles. The lowest BCUT2D eigenvalue weighted by Crippen LogP contribution is -2.14. The van der Waals surface area contributed by atoms with Crippen LogP contribution in [0.2, 0.25) is 0 Å². The number of halogens is 1. The molecule has 7 rings (SSSR count).